The number of aliphatic hydroxyl groups is 1. The van der Waals surface area contributed by atoms with Crippen LogP contribution in [0, 0.1) is 0 Å². The minimum absolute atomic E-state index is 0.105. The van der Waals surface area contributed by atoms with Crippen LogP contribution in [0.2, 0.25) is 0 Å². The van der Waals surface area contributed by atoms with Crippen molar-refractivity contribution in [3.8, 4) is 0 Å². The van der Waals surface area contributed by atoms with Gasteiger partial charge in [-0.1, -0.05) is 30.3 Å². The summed E-state index contributed by atoms with van der Waals surface area (Å²) < 4.78 is 0. The fourth-order valence-corrected chi connectivity index (χ4v) is 2.51. The maximum absolute atomic E-state index is 9.70. The Labute approximate surface area is 97.9 Å². The molecule has 0 aromatic heterocycles. The Hall–Kier alpha value is -0.860. The van der Waals surface area contributed by atoms with Crippen molar-refractivity contribution in [2.45, 2.75) is 44.9 Å². The molecule has 1 aromatic rings. The number of piperidine rings is 1. The summed E-state index contributed by atoms with van der Waals surface area (Å²) in [6, 6.07) is 10.6. The minimum atomic E-state index is -0.123. The number of hydrogen-bond donors (Lipinski definition) is 1. The molecule has 16 heavy (non-hydrogen) atoms. The van der Waals surface area contributed by atoms with Crippen molar-refractivity contribution in [2.75, 3.05) is 6.54 Å². The Kier molecular flexibility index (Phi) is 3.31. The van der Waals surface area contributed by atoms with Crippen LogP contribution in [0.4, 0.5) is 0 Å². The second-order valence-electron chi connectivity index (χ2n) is 5.37. The highest BCUT2D eigenvalue weighted by molar-refractivity contribution is 5.15. The van der Waals surface area contributed by atoms with E-state index >= 15 is 0 Å². The van der Waals surface area contributed by atoms with E-state index in [1.165, 1.54) is 5.56 Å². The van der Waals surface area contributed by atoms with Crippen LogP contribution in [0.15, 0.2) is 30.3 Å². The first-order valence-corrected chi connectivity index (χ1v) is 6.05. The fourth-order valence-electron chi connectivity index (χ4n) is 2.51. The first-order chi connectivity index (χ1) is 7.58. The molecule has 1 atom stereocenters. The van der Waals surface area contributed by atoms with Gasteiger partial charge in [0.2, 0.25) is 0 Å². The molecule has 1 aliphatic rings. The van der Waals surface area contributed by atoms with E-state index in [1.807, 2.05) is 0 Å². The number of hydrogen-bond acceptors (Lipinski definition) is 2. The molecule has 0 radical (unpaired) electrons. The lowest BCUT2D eigenvalue weighted by molar-refractivity contribution is -0.00717. The van der Waals surface area contributed by atoms with Gasteiger partial charge < -0.3 is 5.11 Å². The van der Waals surface area contributed by atoms with E-state index in [0.717, 1.165) is 25.9 Å². The number of benzene rings is 1. The van der Waals surface area contributed by atoms with Gasteiger partial charge in [0.15, 0.2) is 0 Å². The molecule has 1 N–H and O–H groups in total. The predicted octanol–water partition coefficient (Wildman–Crippen LogP) is 2.42. The third kappa shape index (κ3) is 2.63. The first kappa shape index (κ1) is 11.6. The lowest BCUT2D eigenvalue weighted by atomic mass is 9.88. The summed E-state index contributed by atoms with van der Waals surface area (Å²) in [5.41, 5.74) is 1.46. The van der Waals surface area contributed by atoms with E-state index < -0.39 is 0 Å². The van der Waals surface area contributed by atoms with Crippen molar-refractivity contribution in [3.63, 3.8) is 0 Å². The highest BCUT2D eigenvalue weighted by atomic mass is 16.3. The van der Waals surface area contributed by atoms with Crippen molar-refractivity contribution in [1.82, 2.24) is 4.90 Å². The topological polar surface area (TPSA) is 23.5 Å². The second-order valence-corrected chi connectivity index (χ2v) is 5.37. The molecule has 0 saturated carbocycles. The van der Waals surface area contributed by atoms with Gasteiger partial charge in [0.1, 0.15) is 0 Å². The van der Waals surface area contributed by atoms with Gasteiger partial charge in [-0.05, 0) is 32.3 Å². The molecule has 1 aromatic carbocycles. The third-order valence-electron chi connectivity index (χ3n) is 3.54. The van der Waals surface area contributed by atoms with Crippen LogP contribution in [0.3, 0.4) is 0 Å². The smallest absolute Gasteiger partial charge is 0.0569 e. The Morgan fingerprint density at radius 1 is 1.31 bits per heavy atom. The molecular formula is C14H21NO. The number of nitrogens with zero attached hydrogens (tertiary/aromatic N) is 1. The van der Waals surface area contributed by atoms with Gasteiger partial charge in [0.25, 0.3) is 0 Å². The fraction of sp³-hybridized carbons (Fsp3) is 0.571. The molecule has 88 valence electrons. The van der Waals surface area contributed by atoms with Crippen molar-refractivity contribution in [1.29, 1.82) is 0 Å². The summed E-state index contributed by atoms with van der Waals surface area (Å²) >= 11 is 0. The molecule has 1 fully saturated rings. The molecule has 1 aliphatic heterocycles. The zero-order valence-electron chi connectivity index (χ0n) is 10.2. The van der Waals surface area contributed by atoms with E-state index in [0.29, 0.717) is 0 Å². The quantitative estimate of drug-likeness (QED) is 0.825. The maximum atomic E-state index is 9.70. The average Bonchev–Trinajstić information content (AvgIpc) is 2.23. The van der Waals surface area contributed by atoms with E-state index in [-0.39, 0.29) is 11.6 Å². The van der Waals surface area contributed by atoms with E-state index in [2.05, 4.69) is 49.1 Å². The standard InChI is InChI=1S/C14H21NO/c1-14(2)10-13(16)8-9-15(14)11-12-6-4-3-5-7-12/h3-7,13,16H,8-11H2,1-2H3/t13-/m1/s1. The first-order valence-electron chi connectivity index (χ1n) is 6.05. The summed E-state index contributed by atoms with van der Waals surface area (Å²) in [5, 5.41) is 9.70. The third-order valence-corrected chi connectivity index (χ3v) is 3.54. The zero-order valence-corrected chi connectivity index (χ0v) is 10.2. The molecule has 0 unspecified atom stereocenters. The van der Waals surface area contributed by atoms with Gasteiger partial charge in [0.05, 0.1) is 6.10 Å². The summed E-state index contributed by atoms with van der Waals surface area (Å²) in [7, 11) is 0. The van der Waals surface area contributed by atoms with E-state index in [4.69, 9.17) is 0 Å². The summed E-state index contributed by atoms with van der Waals surface area (Å²) in [6.45, 7) is 6.42. The van der Waals surface area contributed by atoms with E-state index in [9.17, 15) is 5.11 Å². The Morgan fingerprint density at radius 2 is 2.00 bits per heavy atom. The molecule has 0 bridgehead atoms. The molecule has 0 amide bonds. The van der Waals surface area contributed by atoms with Gasteiger partial charge >= 0.3 is 0 Å². The highest BCUT2D eigenvalue weighted by Crippen LogP contribution is 2.28. The molecule has 1 heterocycles. The monoisotopic (exact) mass is 219 g/mol. The van der Waals surface area contributed by atoms with Gasteiger partial charge in [-0.15, -0.1) is 0 Å². The van der Waals surface area contributed by atoms with Gasteiger partial charge in [-0.3, -0.25) is 4.90 Å². The SMILES string of the molecule is CC1(C)C[C@H](O)CCN1Cc1ccccc1. The van der Waals surface area contributed by atoms with Crippen LogP contribution >= 0.6 is 0 Å². The minimum Gasteiger partial charge on any atom is -0.393 e. The normalized spacial score (nSPS) is 25.6. The summed E-state index contributed by atoms with van der Waals surface area (Å²) in [5.74, 6) is 0. The lowest BCUT2D eigenvalue weighted by Crippen LogP contribution is -2.50. The van der Waals surface area contributed by atoms with Gasteiger partial charge in [-0.2, -0.15) is 0 Å². The number of likely N-dealkylation sites (tertiary alicyclic amines) is 1. The number of aliphatic hydroxyl groups excluding tert-OH is 1. The molecule has 2 heteroatoms. The molecule has 2 nitrogen and oxygen atoms in total. The molecule has 2 rings (SSSR count). The van der Waals surface area contributed by atoms with Crippen LogP contribution in [0.25, 0.3) is 0 Å². The van der Waals surface area contributed by atoms with Crippen molar-refractivity contribution in [2.24, 2.45) is 0 Å². The van der Waals surface area contributed by atoms with Crippen LogP contribution in [-0.4, -0.2) is 28.2 Å². The van der Waals surface area contributed by atoms with Gasteiger partial charge in [0, 0.05) is 18.6 Å². The van der Waals surface area contributed by atoms with Crippen LogP contribution in [0.1, 0.15) is 32.3 Å². The Morgan fingerprint density at radius 3 is 2.62 bits per heavy atom. The second kappa shape index (κ2) is 4.56. The van der Waals surface area contributed by atoms with Crippen LogP contribution < -0.4 is 0 Å². The Balaban J connectivity index is 2.05. The van der Waals surface area contributed by atoms with Crippen molar-refractivity contribution in [3.05, 3.63) is 35.9 Å². The highest BCUT2D eigenvalue weighted by Gasteiger charge is 2.33. The summed E-state index contributed by atoms with van der Waals surface area (Å²) in [6.07, 6.45) is 1.65. The predicted molar refractivity (Wildman–Crippen MR) is 66.2 cm³/mol. The maximum Gasteiger partial charge on any atom is 0.0569 e. The van der Waals surface area contributed by atoms with Crippen LogP contribution in [-0.2, 0) is 6.54 Å². The average molecular weight is 219 g/mol. The Bertz CT molecular complexity index is 334. The molecule has 0 aliphatic carbocycles. The molecule has 1 saturated heterocycles. The van der Waals surface area contributed by atoms with Gasteiger partial charge in [-0.25, -0.2) is 0 Å². The van der Waals surface area contributed by atoms with Crippen molar-refractivity contribution < 1.29 is 5.11 Å². The largest absolute Gasteiger partial charge is 0.393 e. The van der Waals surface area contributed by atoms with E-state index in [1.54, 1.807) is 0 Å². The number of rotatable bonds is 2. The van der Waals surface area contributed by atoms with Crippen LogP contribution in [0.5, 0.6) is 0 Å². The molecule has 0 spiro atoms. The lowest BCUT2D eigenvalue weighted by Gasteiger charge is -2.44. The zero-order chi connectivity index (χ0) is 11.6. The molecular weight excluding hydrogens is 198 g/mol. The van der Waals surface area contributed by atoms with Crippen molar-refractivity contribution >= 4 is 0 Å². The summed E-state index contributed by atoms with van der Waals surface area (Å²) in [4.78, 5) is 2.47.